The van der Waals surface area contributed by atoms with E-state index in [-0.39, 0.29) is 11.7 Å². The molecule has 2 heterocycles. The highest BCUT2D eigenvalue weighted by Gasteiger charge is 2.24. The van der Waals surface area contributed by atoms with E-state index in [1.807, 2.05) is 12.1 Å². The van der Waals surface area contributed by atoms with E-state index in [0.717, 1.165) is 54.8 Å². The molecule has 1 aromatic carbocycles. The summed E-state index contributed by atoms with van der Waals surface area (Å²) < 4.78 is 19.9. The first-order chi connectivity index (χ1) is 13.2. The largest absolute Gasteiger partial charge is 0.440 e. The van der Waals surface area contributed by atoms with Gasteiger partial charge < -0.3 is 4.42 Å². The van der Waals surface area contributed by atoms with Gasteiger partial charge in [-0.25, -0.2) is 9.37 Å². The van der Waals surface area contributed by atoms with Crippen LogP contribution in [-0.4, -0.2) is 11.2 Å². The van der Waals surface area contributed by atoms with Crippen molar-refractivity contribution in [3.05, 3.63) is 70.7 Å². The van der Waals surface area contributed by atoms with Crippen LogP contribution in [0.4, 0.5) is 4.39 Å². The molecule has 136 valence electrons. The third kappa shape index (κ3) is 3.90. The Balaban J connectivity index is 1.63. The normalized spacial score (nSPS) is 23.7. The molecule has 1 unspecified atom stereocenters. The summed E-state index contributed by atoms with van der Waals surface area (Å²) in [6.45, 7) is 0. The molecule has 2 aliphatic rings. The summed E-state index contributed by atoms with van der Waals surface area (Å²) in [6.07, 6.45) is 13.1. The Morgan fingerprint density at radius 3 is 3.04 bits per heavy atom. The number of oxazole rings is 1. The molecule has 1 aliphatic heterocycles. The molecular formula is C22H20FN3O. The van der Waals surface area contributed by atoms with Crippen LogP contribution in [0.5, 0.6) is 0 Å². The molecular weight excluding hydrogens is 341 g/mol. The van der Waals surface area contributed by atoms with Crippen LogP contribution in [0.25, 0.3) is 5.70 Å². The number of fused-ring (bicyclic) bond motifs is 1. The van der Waals surface area contributed by atoms with Crippen LogP contribution < -0.4 is 0 Å². The van der Waals surface area contributed by atoms with Crippen molar-refractivity contribution < 1.29 is 8.81 Å². The zero-order valence-electron chi connectivity index (χ0n) is 15.0. The van der Waals surface area contributed by atoms with Crippen LogP contribution in [0.1, 0.15) is 60.1 Å². The van der Waals surface area contributed by atoms with E-state index in [2.05, 4.69) is 17.1 Å². The molecule has 4 nitrogen and oxygen atoms in total. The van der Waals surface area contributed by atoms with Gasteiger partial charge in [-0.2, -0.15) is 5.26 Å². The Hall–Kier alpha value is -3.00. The zero-order chi connectivity index (χ0) is 18.6. The van der Waals surface area contributed by atoms with Gasteiger partial charge in [0.2, 0.25) is 5.89 Å². The molecule has 4 rings (SSSR count). The zero-order valence-corrected chi connectivity index (χ0v) is 15.0. The van der Waals surface area contributed by atoms with Crippen LogP contribution >= 0.6 is 0 Å². The van der Waals surface area contributed by atoms with E-state index in [0.29, 0.717) is 17.9 Å². The topological polar surface area (TPSA) is 62.2 Å². The van der Waals surface area contributed by atoms with Crippen molar-refractivity contribution in [2.24, 2.45) is 4.99 Å². The summed E-state index contributed by atoms with van der Waals surface area (Å²) in [5.74, 6) is 1.23. The van der Waals surface area contributed by atoms with Gasteiger partial charge in [0.1, 0.15) is 17.3 Å². The number of hydrogen-bond acceptors (Lipinski definition) is 4. The first kappa shape index (κ1) is 17.4. The van der Waals surface area contributed by atoms with Crippen LogP contribution in [0, 0.1) is 17.1 Å². The maximum atomic E-state index is 13.9. The van der Waals surface area contributed by atoms with Crippen molar-refractivity contribution in [2.45, 2.75) is 44.4 Å². The first-order valence-electron chi connectivity index (χ1n) is 9.32. The van der Waals surface area contributed by atoms with Gasteiger partial charge in [0.25, 0.3) is 0 Å². The van der Waals surface area contributed by atoms with Gasteiger partial charge in [0, 0.05) is 19.1 Å². The van der Waals surface area contributed by atoms with Gasteiger partial charge in [0.15, 0.2) is 0 Å². The summed E-state index contributed by atoms with van der Waals surface area (Å²) in [4.78, 5) is 9.16. The van der Waals surface area contributed by atoms with Crippen molar-refractivity contribution in [3.63, 3.8) is 0 Å². The van der Waals surface area contributed by atoms with Crippen LogP contribution in [-0.2, 0) is 12.8 Å². The average molecular weight is 361 g/mol. The number of benzene rings is 1. The lowest BCUT2D eigenvalue weighted by atomic mass is 9.90. The lowest BCUT2D eigenvalue weighted by Gasteiger charge is -2.14. The van der Waals surface area contributed by atoms with Crippen molar-refractivity contribution >= 4 is 11.9 Å². The van der Waals surface area contributed by atoms with E-state index in [1.165, 1.54) is 12.1 Å². The Bertz CT molecular complexity index is 978. The molecule has 0 radical (unpaired) electrons. The van der Waals surface area contributed by atoms with Crippen molar-refractivity contribution in [1.82, 2.24) is 4.98 Å². The fraction of sp³-hybridized carbons (Fsp3) is 0.318. The second-order valence-corrected chi connectivity index (χ2v) is 6.94. The average Bonchev–Trinajstić information content (AvgIpc) is 2.92. The molecule has 1 aromatic heterocycles. The monoisotopic (exact) mass is 361 g/mol. The van der Waals surface area contributed by atoms with Gasteiger partial charge in [-0.15, -0.1) is 0 Å². The molecule has 5 heteroatoms. The third-order valence-electron chi connectivity index (χ3n) is 5.02. The van der Waals surface area contributed by atoms with Gasteiger partial charge in [-0.05, 0) is 61.4 Å². The van der Waals surface area contributed by atoms with E-state index in [4.69, 9.17) is 14.7 Å². The molecule has 0 bridgehead atoms. The van der Waals surface area contributed by atoms with E-state index in [1.54, 1.807) is 12.3 Å². The van der Waals surface area contributed by atoms with Gasteiger partial charge in [-0.1, -0.05) is 12.2 Å². The lowest BCUT2D eigenvalue weighted by Crippen LogP contribution is -2.04. The van der Waals surface area contributed by atoms with Crippen molar-refractivity contribution in [2.75, 3.05) is 0 Å². The number of hydrogen-bond donors (Lipinski definition) is 0. The fourth-order valence-electron chi connectivity index (χ4n) is 3.68. The Morgan fingerprint density at radius 1 is 1.22 bits per heavy atom. The maximum Gasteiger partial charge on any atom is 0.245 e. The van der Waals surface area contributed by atoms with E-state index >= 15 is 0 Å². The smallest absolute Gasteiger partial charge is 0.245 e. The third-order valence-corrected chi connectivity index (χ3v) is 5.02. The quantitative estimate of drug-likeness (QED) is 0.698. The molecule has 0 amide bonds. The Morgan fingerprint density at radius 2 is 2.15 bits per heavy atom. The summed E-state index contributed by atoms with van der Waals surface area (Å²) in [5.41, 5.74) is 2.90. The number of aryl methyl sites for hydroxylation is 1. The predicted molar refractivity (Wildman–Crippen MR) is 102 cm³/mol. The second kappa shape index (κ2) is 7.71. The number of nitriles is 1. The minimum Gasteiger partial charge on any atom is -0.440 e. The van der Waals surface area contributed by atoms with Crippen molar-refractivity contribution in [1.29, 1.82) is 5.26 Å². The van der Waals surface area contributed by atoms with Gasteiger partial charge >= 0.3 is 0 Å². The number of rotatable bonds is 2. The Kier molecular flexibility index (Phi) is 4.97. The van der Waals surface area contributed by atoms with E-state index in [9.17, 15) is 4.39 Å². The molecule has 0 fully saturated rings. The fourth-order valence-corrected chi connectivity index (χ4v) is 3.68. The predicted octanol–water partition coefficient (Wildman–Crippen LogP) is 5.11. The lowest BCUT2D eigenvalue weighted by molar-refractivity contribution is 0.481. The maximum absolute atomic E-state index is 13.9. The molecule has 0 spiro atoms. The van der Waals surface area contributed by atoms with Gasteiger partial charge in [-0.3, -0.25) is 4.99 Å². The summed E-state index contributed by atoms with van der Waals surface area (Å²) >= 11 is 0. The molecule has 27 heavy (non-hydrogen) atoms. The van der Waals surface area contributed by atoms with Crippen LogP contribution in [0.2, 0.25) is 0 Å². The number of aliphatic imine (C=N–C) groups is 1. The number of allylic oxidation sites excluding steroid dienone is 3. The number of halogens is 1. The second-order valence-electron chi connectivity index (χ2n) is 6.94. The highest BCUT2D eigenvalue weighted by atomic mass is 19.1. The van der Waals surface area contributed by atoms with Crippen LogP contribution in [0.15, 0.2) is 45.8 Å². The highest BCUT2D eigenvalue weighted by molar-refractivity contribution is 5.78. The molecule has 1 aliphatic carbocycles. The summed E-state index contributed by atoms with van der Waals surface area (Å²) in [6, 6.07) is 6.63. The molecule has 0 saturated heterocycles. The number of aromatic nitrogens is 1. The molecule has 2 aromatic rings. The van der Waals surface area contributed by atoms with Crippen molar-refractivity contribution in [3.8, 4) is 6.07 Å². The SMILES string of the molecule is N#Cc1cc(F)cc(C2CCCc3oc(C4=C\CC\C=C/C=N/4)nc3C2)c1. The first-order valence-corrected chi connectivity index (χ1v) is 9.32. The molecule has 1 atom stereocenters. The minimum absolute atomic E-state index is 0.129. The van der Waals surface area contributed by atoms with Gasteiger partial charge in [0.05, 0.1) is 17.3 Å². The summed E-state index contributed by atoms with van der Waals surface area (Å²) in [7, 11) is 0. The minimum atomic E-state index is -0.364. The Labute approximate surface area is 157 Å². The molecule has 0 N–H and O–H groups in total. The summed E-state index contributed by atoms with van der Waals surface area (Å²) in [5, 5.41) is 9.12. The highest BCUT2D eigenvalue weighted by Crippen LogP contribution is 2.34. The van der Waals surface area contributed by atoms with E-state index < -0.39 is 0 Å². The van der Waals surface area contributed by atoms with Crippen LogP contribution in [0.3, 0.4) is 0 Å². The standard InChI is InChI=1S/C22H20FN3O/c23-18-11-15(14-24)10-17(12-18)16-6-5-8-21-20(13-16)26-22(27-21)19-7-3-1-2-4-9-25-19/h2,4,7,9-12,16H,1,3,5-6,8,13H2/b4-2-,19-7-,25-9+. The number of nitrogens with zero attached hydrogens (tertiary/aromatic N) is 3. The molecule has 0 saturated carbocycles.